The molecule has 1 aromatic rings. The van der Waals surface area contributed by atoms with E-state index in [0.717, 1.165) is 0 Å². The number of halogens is 2. The molecule has 0 aliphatic heterocycles. The normalized spacial score (nSPS) is 21.2. The number of fused-ring (bicyclic) bond motifs is 1. The zero-order valence-electron chi connectivity index (χ0n) is 13.8. The Kier molecular flexibility index (Phi) is 7.20. The fourth-order valence-corrected chi connectivity index (χ4v) is 6.34. The summed E-state index contributed by atoms with van der Waals surface area (Å²) in [6.07, 6.45) is 4.75. The van der Waals surface area contributed by atoms with Crippen molar-refractivity contribution in [2.45, 2.75) is 38.8 Å². The van der Waals surface area contributed by atoms with E-state index in [1.807, 2.05) is 0 Å². The summed E-state index contributed by atoms with van der Waals surface area (Å²) in [5.74, 6) is 0. The fraction of sp³-hybridized carbons (Fsp3) is 0.368. The molecule has 0 aromatic heterocycles. The second kappa shape index (κ2) is 7.67. The standard InChI is InChI=1S/C10H15.C9H7.2HI.Ti/c1-7-6-10(4,5)9(3)8(7)2;1-2-5-9-7-3-6-8(9)4-1;;;/h1-5H3;1-7H;2*1H;/q;;;;+2/p-2. The van der Waals surface area contributed by atoms with Crippen LogP contribution in [0.1, 0.15) is 50.0 Å². The molecule has 0 amide bonds. The number of hydrogen-bond donors (Lipinski definition) is 0. The Hall–Kier alpha value is 0.614. The summed E-state index contributed by atoms with van der Waals surface area (Å²) < 4.78 is 2.42. The van der Waals surface area contributed by atoms with Crippen LogP contribution in [-0.2, 0) is 19.2 Å². The van der Waals surface area contributed by atoms with Gasteiger partial charge in [0.15, 0.2) is 0 Å². The molecule has 3 heteroatoms. The third kappa shape index (κ3) is 3.36. The average Bonchev–Trinajstić information content (AvgIpc) is 2.90. The van der Waals surface area contributed by atoms with Crippen LogP contribution in [0.2, 0.25) is 0 Å². The average molecular weight is 552 g/mol. The molecule has 1 atom stereocenters. The van der Waals surface area contributed by atoms with Crippen molar-refractivity contribution in [3.63, 3.8) is 0 Å². The van der Waals surface area contributed by atoms with E-state index in [1.165, 1.54) is 11.1 Å². The van der Waals surface area contributed by atoms with Gasteiger partial charge in [-0.15, -0.1) is 0 Å². The van der Waals surface area contributed by atoms with Gasteiger partial charge in [-0.05, 0) is 0 Å². The first kappa shape index (κ1) is 20.7. The second-order valence-electron chi connectivity index (χ2n) is 6.49. The molecule has 0 bridgehead atoms. The number of hydrogen-bond acceptors (Lipinski definition) is 0. The second-order valence-corrected chi connectivity index (χ2v) is 8.69. The summed E-state index contributed by atoms with van der Waals surface area (Å²) in [7, 11) is 0. The van der Waals surface area contributed by atoms with Crippen molar-refractivity contribution < 1.29 is 67.1 Å². The van der Waals surface area contributed by atoms with E-state index in [1.54, 1.807) is 20.6 Å². The van der Waals surface area contributed by atoms with Crippen molar-refractivity contribution >= 4 is 6.08 Å². The van der Waals surface area contributed by atoms with Crippen molar-refractivity contribution in [1.29, 1.82) is 0 Å². The van der Waals surface area contributed by atoms with Gasteiger partial charge in [-0.3, -0.25) is 0 Å². The molecule has 0 N–H and O–H groups in total. The maximum atomic E-state index is 2.43. The number of allylic oxidation sites excluding steroid dienone is 5. The smallest absolute Gasteiger partial charge is 1.00 e. The Morgan fingerprint density at radius 2 is 1.59 bits per heavy atom. The van der Waals surface area contributed by atoms with Gasteiger partial charge in [-0.1, -0.05) is 0 Å². The van der Waals surface area contributed by atoms with E-state index in [-0.39, 0.29) is 72.5 Å². The first-order chi connectivity index (χ1) is 9.43. The summed E-state index contributed by atoms with van der Waals surface area (Å²) in [4.78, 5) is 0. The van der Waals surface area contributed by atoms with E-state index in [0.29, 0.717) is 4.22 Å². The Morgan fingerprint density at radius 1 is 0.955 bits per heavy atom. The van der Waals surface area contributed by atoms with E-state index < -0.39 is 0 Å². The van der Waals surface area contributed by atoms with Gasteiger partial charge in [0.1, 0.15) is 0 Å². The van der Waals surface area contributed by atoms with Crippen molar-refractivity contribution in [3.05, 3.63) is 62.1 Å². The van der Waals surface area contributed by atoms with Gasteiger partial charge in [0, 0.05) is 0 Å². The topological polar surface area (TPSA) is 0 Å². The van der Waals surface area contributed by atoms with Crippen LogP contribution >= 0.6 is 0 Å². The van der Waals surface area contributed by atoms with E-state index in [4.69, 9.17) is 0 Å². The quantitative estimate of drug-likeness (QED) is 0.343. The molecule has 0 saturated heterocycles. The van der Waals surface area contributed by atoms with Crippen molar-refractivity contribution in [3.8, 4) is 0 Å². The largest absolute Gasteiger partial charge is 1.00 e. The zero-order valence-corrected chi connectivity index (χ0v) is 19.7. The van der Waals surface area contributed by atoms with Crippen LogP contribution < -0.4 is 48.0 Å². The van der Waals surface area contributed by atoms with Crippen LogP contribution in [0.3, 0.4) is 0 Å². The van der Waals surface area contributed by atoms with Crippen molar-refractivity contribution in [1.82, 2.24) is 0 Å². The van der Waals surface area contributed by atoms with Crippen LogP contribution in [0.5, 0.6) is 0 Å². The van der Waals surface area contributed by atoms with Crippen LogP contribution in [0.15, 0.2) is 50.9 Å². The van der Waals surface area contributed by atoms with Gasteiger partial charge in [0.2, 0.25) is 0 Å². The van der Waals surface area contributed by atoms with Crippen molar-refractivity contribution in [2.75, 3.05) is 0 Å². The predicted octanol–water partition coefficient (Wildman–Crippen LogP) is -0.505. The molecular formula is C19H22I2Ti. The first-order valence-corrected chi connectivity index (χ1v) is 9.04. The molecule has 3 rings (SSSR count). The molecule has 1 aromatic carbocycles. The summed E-state index contributed by atoms with van der Waals surface area (Å²) in [5.41, 5.74) is 7.93. The Bertz CT molecular complexity index is 666. The molecule has 0 fully saturated rings. The maximum Gasteiger partial charge on any atom is -1.00 e. The minimum absolute atomic E-state index is 0. The van der Waals surface area contributed by atoms with E-state index >= 15 is 0 Å². The van der Waals surface area contributed by atoms with Crippen LogP contribution in [0.4, 0.5) is 0 Å². The minimum atomic E-state index is -0.162. The molecule has 0 radical (unpaired) electrons. The molecular weight excluding hydrogens is 530 g/mol. The first-order valence-electron chi connectivity index (χ1n) is 7.36. The number of rotatable bonds is 2. The molecule has 2 aliphatic carbocycles. The summed E-state index contributed by atoms with van der Waals surface area (Å²) >= 11 is -0.162. The minimum Gasteiger partial charge on any atom is -1.00 e. The molecule has 0 saturated carbocycles. The predicted molar refractivity (Wildman–Crippen MR) is 83.1 cm³/mol. The van der Waals surface area contributed by atoms with Gasteiger partial charge in [-0.25, -0.2) is 0 Å². The molecule has 22 heavy (non-hydrogen) atoms. The van der Waals surface area contributed by atoms with Crippen LogP contribution in [0, 0.1) is 5.41 Å². The van der Waals surface area contributed by atoms with Gasteiger partial charge >= 0.3 is 132 Å². The van der Waals surface area contributed by atoms with Crippen LogP contribution in [-0.4, -0.2) is 0 Å². The van der Waals surface area contributed by atoms with Gasteiger partial charge in [-0.2, -0.15) is 0 Å². The van der Waals surface area contributed by atoms with E-state index in [9.17, 15) is 0 Å². The molecule has 2 aliphatic rings. The summed E-state index contributed by atoms with van der Waals surface area (Å²) in [5, 5.41) is 0. The Balaban J connectivity index is 0.00000121. The van der Waals surface area contributed by atoms with Crippen molar-refractivity contribution in [2.24, 2.45) is 5.41 Å². The third-order valence-corrected chi connectivity index (χ3v) is 8.45. The van der Waals surface area contributed by atoms with Crippen LogP contribution in [0.25, 0.3) is 6.08 Å². The van der Waals surface area contributed by atoms with Gasteiger partial charge < -0.3 is 48.0 Å². The van der Waals surface area contributed by atoms with Gasteiger partial charge in [0.05, 0.1) is 0 Å². The molecule has 116 valence electrons. The SMILES string of the molecule is CC1=C(C)C(C)(C)[C]([Ti+2][CH]2C=Cc3ccccc32)=C1C.[I-].[I-]. The van der Waals surface area contributed by atoms with E-state index in [2.05, 4.69) is 71.0 Å². The van der Waals surface area contributed by atoms with Gasteiger partial charge in [0.25, 0.3) is 0 Å². The maximum absolute atomic E-state index is 2.43. The summed E-state index contributed by atoms with van der Waals surface area (Å²) in [6.45, 7) is 11.8. The third-order valence-electron chi connectivity index (χ3n) is 5.16. The monoisotopic (exact) mass is 552 g/mol. The molecule has 0 spiro atoms. The number of benzene rings is 1. The Labute approximate surface area is 177 Å². The molecule has 0 nitrogen and oxygen atoms in total. The molecule has 1 unspecified atom stereocenters. The zero-order chi connectivity index (χ0) is 14.5. The molecule has 0 heterocycles. The summed E-state index contributed by atoms with van der Waals surface area (Å²) in [6, 6.07) is 8.88. The fourth-order valence-electron chi connectivity index (χ4n) is 3.41. The Morgan fingerprint density at radius 3 is 2.18 bits per heavy atom.